The van der Waals surface area contributed by atoms with E-state index >= 15 is 0 Å². The second-order valence-corrected chi connectivity index (χ2v) is 5.63. The van der Waals surface area contributed by atoms with Crippen molar-refractivity contribution in [1.29, 1.82) is 0 Å². The van der Waals surface area contributed by atoms with E-state index in [0.29, 0.717) is 17.9 Å². The largest absolute Gasteiger partial charge is 0.451 e. The molecule has 1 fully saturated rings. The Morgan fingerprint density at radius 1 is 1.29 bits per heavy atom. The number of para-hydroxylation sites is 1. The molecule has 0 spiro atoms. The molecule has 1 aromatic carbocycles. The normalized spacial score (nSPS) is 22.4. The molecule has 2 heterocycles. The summed E-state index contributed by atoms with van der Waals surface area (Å²) in [6.45, 7) is 2.35. The second kappa shape index (κ2) is 5.24. The molecule has 21 heavy (non-hydrogen) atoms. The number of benzene rings is 1. The molecule has 2 atom stereocenters. The van der Waals surface area contributed by atoms with Crippen molar-refractivity contribution in [2.75, 3.05) is 6.54 Å². The second-order valence-electron chi connectivity index (χ2n) is 5.63. The van der Waals surface area contributed by atoms with Gasteiger partial charge in [0.15, 0.2) is 5.76 Å². The standard InChI is InChI=1S/C16H18N2O3/c1-10-6-7-12(15(17)19)9-18(10)16(20)14-8-11-4-2-3-5-13(11)21-14/h2-5,8,10,12H,6-7,9H2,1H3,(H2,17,19)/t10-,12-/m1/s1. The topological polar surface area (TPSA) is 76.5 Å². The number of carbonyl (C=O) groups is 2. The van der Waals surface area contributed by atoms with Crippen molar-refractivity contribution in [3.8, 4) is 0 Å². The maximum Gasteiger partial charge on any atom is 0.289 e. The first-order chi connectivity index (χ1) is 10.1. The number of furan rings is 1. The highest BCUT2D eigenvalue weighted by Crippen LogP contribution is 2.26. The molecule has 0 saturated carbocycles. The zero-order valence-corrected chi connectivity index (χ0v) is 11.9. The molecule has 0 radical (unpaired) electrons. The quantitative estimate of drug-likeness (QED) is 0.919. The van der Waals surface area contributed by atoms with Gasteiger partial charge in [-0.25, -0.2) is 0 Å². The monoisotopic (exact) mass is 286 g/mol. The summed E-state index contributed by atoms with van der Waals surface area (Å²) < 4.78 is 5.62. The Balaban J connectivity index is 1.87. The molecular formula is C16H18N2O3. The van der Waals surface area contributed by atoms with E-state index in [1.807, 2.05) is 31.2 Å². The van der Waals surface area contributed by atoms with Crippen LogP contribution < -0.4 is 5.73 Å². The van der Waals surface area contributed by atoms with Gasteiger partial charge in [-0.05, 0) is 31.9 Å². The number of nitrogens with two attached hydrogens (primary N) is 1. The summed E-state index contributed by atoms with van der Waals surface area (Å²) in [5, 5.41) is 0.900. The molecule has 5 heteroatoms. The molecular weight excluding hydrogens is 268 g/mol. The minimum absolute atomic E-state index is 0.0845. The van der Waals surface area contributed by atoms with Crippen molar-refractivity contribution >= 4 is 22.8 Å². The summed E-state index contributed by atoms with van der Waals surface area (Å²) in [5.74, 6) is -0.475. The van der Waals surface area contributed by atoms with Crippen LogP contribution in [0.5, 0.6) is 0 Å². The lowest BCUT2D eigenvalue weighted by molar-refractivity contribution is -0.123. The van der Waals surface area contributed by atoms with Crippen LogP contribution in [0.2, 0.25) is 0 Å². The summed E-state index contributed by atoms with van der Waals surface area (Å²) in [5.41, 5.74) is 6.07. The predicted octanol–water partition coefficient (Wildman–Crippen LogP) is 2.16. The maximum atomic E-state index is 12.6. The third-order valence-electron chi connectivity index (χ3n) is 4.18. The Morgan fingerprint density at radius 2 is 2.05 bits per heavy atom. The Hall–Kier alpha value is -2.30. The Bertz CT molecular complexity index is 659. The smallest absolute Gasteiger partial charge is 0.289 e. The number of piperidine rings is 1. The first-order valence-corrected chi connectivity index (χ1v) is 7.15. The molecule has 1 aromatic heterocycles. The molecule has 2 N–H and O–H groups in total. The van der Waals surface area contributed by atoms with Gasteiger partial charge >= 0.3 is 0 Å². The fraction of sp³-hybridized carbons (Fsp3) is 0.375. The van der Waals surface area contributed by atoms with Gasteiger partial charge in [0.25, 0.3) is 5.91 Å². The molecule has 2 amide bonds. The summed E-state index contributed by atoms with van der Waals surface area (Å²) >= 11 is 0. The number of hydrogen-bond acceptors (Lipinski definition) is 3. The molecule has 3 rings (SSSR count). The third kappa shape index (κ3) is 2.51. The first-order valence-electron chi connectivity index (χ1n) is 7.15. The number of likely N-dealkylation sites (tertiary alicyclic amines) is 1. The van der Waals surface area contributed by atoms with E-state index in [4.69, 9.17) is 10.2 Å². The number of nitrogens with zero attached hydrogens (tertiary/aromatic N) is 1. The van der Waals surface area contributed by atoms with E-state index in [1.54, 1.807) is 11.0 Å². The van der Waals surface area contributed by atoms with Crippen LogP contribution in [0.25, 0.3) is 11.0 Å². The zero-order chi connectivity index (χ0) is 15.0. The van der Waals surface area contributed by atoms with Gasteiger partial charge in [-0.1, -0.05) is 18.2 Å². The molecule has 0 unspecified atom stereocenters. The molecule has 5 nitrogen and oxygen atoms in total. The average Bonchev–Trinajstić information content (AvgIpc) is 2.90. The molecule has 2 aromatic rings. The Labute approximate surface area is 122 Å². The predicted molar refractivity (Wildman–Crippen MR) is 78.6 cm³/mol. The SMILES string of the molecule is C[C@@H]1CC[C@@H](C(N)=O)CN1C(=O)c1cc2ccccc2o1. The van der Waals surface area contributed by atoms with Crippen LogP contribution in [0.4, 0.5) is 0 Å². The van der Waals surface area contributed by atoms with E-state index in [0.717, 1.165) is 18.2 Å². The number of primary amides is 1. The summed E-state index contributed by atoms with van der Waals surface area (Å²) in [7, 11) is 0. The summed E-state index contributed by atoms with van der Waals surface area (Å²) in [6.07, 6.45) is 1.51. The van der Waals surface area contributed by atoms with Crippen LogP contribution in [-0.2, 0) is 4.79 Å². The molecule has 0 aliphatic carbocycles. The van der Waals surface area contributed by atoms with Crippen LogP contribution in [0.1, 0.15) is 30.3 Å². The van der Waals surface area contributed by atoms with Gasteiger partial charge < -0.3 is 15.1 Å². The van der Waals surface area contributed by atoms with Gasteiger partial charge in [0.1, 0.15) is 5.58 Å². The number of rotatable bonds is 2. The average molecular weight is 286 g/mol. The van der Waals surface area contributed by atoms with E-state index < -0.39 is 0 Å². The molecule has 1 saturated heterocycles. The number of hydrogen-bond donors (Lipinski definition) is 1. The van der Waals surface area contributed by atoms with Gasteiger partial charge in [0, 0.05) is 18.0 Å². The first kappa shape index (κ1) is 13.7. The summed E-state index contributed by atoms with van der Waals surface area (Å²) in [6, 6.07) is 9.34. The van der Waals surface area contributed by atoms with Crippen molar-refractivity contribution in [3.63, 3.8) is 0 Å². The highest BCUT2D eigenvalue weighted by atomic mass is 16.3. The van der Waals surface area contributed by atoms with Crippen molar-refractivity contribution < 1.29 is 14.0 Å². The lowest BCUT2D eigenvalue weighted by Gasteiger charge is -2.36. The highest BCUT2D eigenvalue weighted by molar-refractivity contribution is 5.96. The van der Waals surface area contributed by atoms with Crippen LogP contribution in [0, 0.1) is 5.92 Å². The van der Waals surface area contributed by atoms with Gasteiger partial charge in [-0.2, -0.15) is 0 Å². The van der Waals surface area contributed by atoms with Gasteiger partial charge in [-0.15, -0.1) is 0 Å². The molecule has 0 bridgehead atoms. The Kier molecular flexibility index (Phi) is 3.41. The van der Waals surface area contributed by atoms with Gasteiger partial charge in [0.2, 0.25) is 5.91 Å². The van der Waals surface area contributed by atoms with Crippen molar-refractivity contribution in [2.45, 2.75) is 25.8 Å². The highest BCUT2D eigenvalue weighted by Gasteiger charge is 2.33. The lowest BCUT2D eigenvalue weighted by atomic mass is 9.93. The van der Waals surface area contributed by atoms with Crippen LogP contribution in [0.3, 0.4) is 0 Å². The van der Waals surface area contributed by atoms with Gasteiger partial charge in [0.05, 0.1) is 5.92 Å². The maximum absolute atomic E-state index is 12.6. The van der Waals surface area contributed by atoms with Crippen LogP contribution in [-0.4, -0.2) is 29.3 Å². The van der Waals surface area contributed by atoms with E-state index in [1.165, 1.54) is 0 Å². The summed E-state index contributed by atoms with van der Waals surface area (Å²) in [4.78, 5) is 25.7. The van der Waals surface area contributed by atoms with E-state index in [2.05, 4.69) is 0 Å². The lowest BCUT2D eigenvalue weighted by Crippen LogP contribution is -2.48. The Morgan fingerprint density at radius 3 is 2.76 bits per heavy atom. The molecule has 1 aliphatic heterocycles. The van der Waals surface area contributed by atoms with Crippen LogP contribution >= 0.6 is 0 Å². The minimum Gasteiger partial charge on any atom is -0.451 e. The fourth-order valence-electron chi connectivity index (χ4n) is 2.85. The molecule has 110 valence electrons. The van der Waals surface area contributed by atoms with Crippen molar-refractivity contribution in [2.24, 2.45) is 11.7 Å². The number of fused-ring (bicyclic) bond motifs is 1. The zero-order valence-electron chi connectivity index (χ0n) is 11.9. The minimum atomic E-state index is -0.343. The fourth-order valence-corrected chi connectivity index (χ4v) is 2.85. The van der Waals surface area contributed by atoms with E-state index in [-0.39, 0.29) is 23.8 Å². The number of carbonyl (C=O) groups excluding carboxylic acids is 2. The van der Waals surface area contributed by atoms with Crippen LogP contribution in [0.15, 0.2) is 34.7 Å². The van der Waals surface area contributed by atoms with Crippen molar-refractivity contribution in [3.05, 3.63) is 36.1 Å². The van der Waals surface area contributed by atoms with Gasteiger partial charge in [-0.3, -0.25) is 9.59 Å². The third-order valence-corrected chi connectivity index (χ3v) is 4.18. The van der Waals surface area contributed by atoms with E-state index in [9.17, 15) is 9.59 Å². The van der Waals surface area contributed by atoms with Crippen molar-refractivity contribution in [1.82, 2.24) is 4.90 Å². The molecule has 1 aliphatic rings. The number of amides is 2.